The number of hydrogen-bond acceptors (Lipinski definition) is 3. The molecule has 7 heteroatoms. The molecule has 0 saturated carbocycles. The van der Waals surface area contributed by atoms with Gasteiger partial charge in [-0.05, 0) is 49.4 Å². The Hall–Kier alpha value is -4.52. The summed E-state index contributed by atoms with van der Waals surface area (Å²) in [5, 5.41) is 2.92. The van der Waals surface area contributed by atoms with Gasteiger partial charge in [-0.2, -0.15) is 0 Å². The van der Waals surface area contributed by atoms with E-state index in [4.69, 9.17) is 4.74 Å². The van der Waals surface area contributed by atoms with E-state index in [9.17, 15) is 9.59 Å². The molecular formula is C30H30N4O3. The number of benzene rings is 3. The second kappa shape index (κ2) is 10.6. The van der Waals surface area contributed by atoms with Crippen LogP contribution in [0.25, 0.3) is 16.9 Å². The van der Waals surface area contributed by atoms with Gasteiger partial charge in [-0.25, -0.2) is 4.79 Å². The molecule has 1 saturated heterocycles. The minimum atomic E-state index is -0.148. The molecule has 37 heavy (non-hydrogen) atoms. The normalized spacial score (nSPS) is 13.4. The number of piperazine rings is 1. The minimum absolute atomic E-state index is 0.0283. The van der Waals surface area contributed by atoms with Crippen LogP contribution in [0, 0.1) is 6.92 Å². The summed E-state index contributed by atoms with van der Waals surface area (Å²) in [7, 11) is 1.65. The van der Waals surface area contributed by atoms with Gasteiger partial charge in [-0.1, -0.05) is 48.5 Å². The molecular weight excluding hydrogens is 464 g/mol. The van der Waals surface area contributed by atoms with Gasteiger partial charge in [0.15, 0.2) is 0 Å². The van der Waals surface area contributed by atoms with Crippen molar-refractivity contribution < 1.29 is 14.3 Å². The van der Waals surface area contributed by atoms with E-state index >= 15 is 0 Å². The number of nitrogens with one attached hydrogen (secondary N) is 1. The Labute approximate surface area is 216 Å². The van der Waals surface area contributed by atoms with Gasteiger partial charge in [0.1, 0.15) is 5.75 Å². The van der Waals surface area contributed by atoms with E-state index in [2.05, 4.69) is 9.88 Å². The van der Waals surface area contributed by atoms with Crippen molar-refractivity contribution in [3.63, 3.8) is 0 Å². The van der Waals surface area contributed by atoms with Crippen molar-refractivity contribution in [2.45, 2.75) is 6.92 Å². The first kappa shape index (κ1) is 24.2. The van der Waals surface area contributed by atoms with Crippen molar-refractivity contribution in [1.82, 2.24) is 14.4 Å². The van der Waals surface area contributed by atoms with Crippen molar-refractivity contribution in [3.05, 3.63) is 102 Å². The second-order valence-corrected chi connectivity index (χ2v) is 9.01. The highest BCUT2D eigenvalue weighted by molar-refractivity contribution is 5.98. The van der Waals surface area contributed by atoms with Gasteiger partial charge in [0.05, 0.1) is 18.4 Å². The molecule has 1 N–H and O–H groups in total. The van der Waals surface area contributed by atoms with E-state index in [0.29, 0.717) is 31.7 Å². The SMILES string of the molecule is COc1cccc(-c2cc(C(=O)N3CCN(C(=O)Nc4ccccc4)CC3)c(C)n2-c2ccccc2)c1. The third kappa shape index (κ3) is 5.07. The van der Waals surface area contributed by atoms with E-state index in [1.807, 2.05) is 103 Å². The monoisotopic (exact) mass is 494 g/mol. The van der Waals surface area contributed by atoms with Crippen LogP contribution in [0.1, 0.15) is 16.1 Å². The molecule has 5 rings (SSSR count). The van der Waals surface area contributed by atoms with E-state index in [1.54, 1.807) is 12.0 Å². The Kier molecular flexibility index (Phi) is 6.94. The number of ether oxygens (including phenoxy) is 1. The molecule has 0 bridgehead atoms. The van der Waals surface area contributed by atoms with Gasteiger partial charge in [-0.15, -0.1) is 0 Å². The van der Waals surface area contributed by atoms with Crippen molar-refractivity contribution in [2.75, 3.05) is 38.6 Å². The molecule has 1 aliphatic rings. The standard InChI is InChI=1S/C30H30N4O3/c1-22-27(29(35)32-16-18-33(19-17-32)30(36)31-24-11-5-3-6-12-24)21-28(23-10-9-15-26(20-23)37-2)34(22)25-13-7-4-8-14-25/h3-15,20-21H,16-19H2,1-2H3,(H,31,36). The lowest BCUT2D eigenvalue weighted by molar-refractivity contribution is 0.0671. The summed E-state index contributed by atoms with van der Waals surface area (Å²) in [4.78, 5) is 30.0. The maximum absolute atomic E-state index is 13.7. The number of para-hydroxylation sites is 2. The molecule has 0 radical (unpaired) electrons. The first-order chi connectivity index (χ1) is 18.0. The summed E-state index contributed by atoms with van der Waals surface area (Å²) < 4.78 is 7.56. The number of carbonyl (C=O) groups is 2. The quantitative estimate of drug-likeness (QED) is 0.401. The van der Waals surface area contributed by atoms with Crippen LogP contribution in [0.2, 0.25) is 0 Å². The highest BCUT2D eigenvalue weighted by Crippen LogP contribution is 2.32. The average molecular weight is 495 g/mol. The Bertz CT molecular complexity index is 1390. The number of carbonyl (C=O) groups excluding carboxylic acids is 2. The van der Waals surface area contributed by atoms with Crippen LogP contribution in [0.15, 0.2) is 91.0 Å². The molecule has 1 aromatic heterocycles. The lowest BCUT2D eigenvalue weighted by atomic mass is 10.1. The van der Waals surface area contributed by atoms with Gasteiger partial charge < -0.3 is 24.4 Å². The second-order valence-electron chi connectivity index (χ2n) is 9.01. The Morgan fingerprint density at radius 1 is 0.784 bits per heavy atom. The van der Waals surface area contributed by atoms with E-state index in [1.165, 1.54) is 0 Å². The molecule has 2 heterocycles. The summed E-state index contributed by atoms with van der Waals surface area (Å²) in [5.41, 5.74) is 5.16. The molecule has 0 aliphatic carbocycles. The number of amides is 3. The lowest BCUT2D eigenvalue weighted by Crippen LogP contribution is -2.51. The summed E-state index contributed by atoms with van der Waals surface area (Å²) in [5.74, 6) is 0.730. The molecule has 7 nitrogen and oxygen atoms in total. The average Bonchev–Trinajstić information content (AvgIpc) is 3.30. The molecule has 1 fully saturated rings. The number of aromatic nitrogens is 1. The van der Waals surface area contributed by atoms with Gasteiger partial charge in [-0.3, -0.25) is 4.79 Å². The third-order valence-corrected chi connectivity index (χ3v) is 6.74. The third-order valence-electron chi connectivity index (χ3n) is 6.74. The molecule has 3 aromatic carbocycles. The summed E-state index contributed by atoms with van der Waals surface area (Å²) in [6, 6.07) is 29.1. The van der Waals surface area contributed by atoms with Gasteiger partial charge in [0.2, 0.25) is 0 Å². The minimum Gasteiger partial charge on any atom is -0.497 e. The summed E-state index contributed by atoms with van der Waals surface area (Å²) in [6.07, 6.45) is 0. The zero-order valence-electron chi connectivity index (χ0n) is 21.1. The fourth-order valence-electron chi connectivity index (χ4n) is 4.73. The highest BCUT2D eigenvalue weighted by atomic mass is 16.5. The van der Waals surface area contributed by atoms with E-state index in [-0.39, 0.29) is 11.9 Å². The van der Waals surface area contributed by atoms with E-state index in [0.717, 1.165) is 34.1 Å². The molecule has 188 valence electrons. The maximum Gasteiger partial charge on any atom is 0.321 e. The lowest BCUT2D eigenvalue weighted by Gasteiger charge is -2.34. The van der Waals surface area contributed by atoms with Crippen LogP contribution < -0.4 is 10.1 Å². The van der Waals surface area contributed by atoms with Crippen molar-refractivity contribution in [2.24, 2.45) is 0 Å². The van der Waals surface area contributed by atoms with E-state index < -0.39 is 0 Å². The summed E-state index contributed by atoms with van der Waals surface area (Å²) >= 11 is 0. The number of anilines is 1. The summed E-state index contributed by atoms with van der Waals surface area (Å²) in [6.45, 7) is 3.89. The molecule has 0 atom stereocenters. The van der Waals surface area contributed by atoms with Crippen LogP contribution in [0.3, 0.4) is 0 Å². The van der Waals surface area contributed by atoms with Gasteiger partial charge in [0, 0.05) is 48.8 Å². The Morgan fingerprint density at radius 3 is 2.11 bits per heavy atom. The molecule has 0 unspecified atom stereocenters. The van der Waals surface area contributed by atoms with Crippen molar-refractivity contribution in [3.8, 4) is 22.7 Å². The predicted octanol–water partition coefficient (Wildman–Crippen LogP) is 5.45. The molecule has 4 aromatic rings. The van der Waals surface area contributed by atoms with Crippen molar-refractivity contribution >= 4 is 17.6 Å². The van der Waals surface area contributed by atoms with Gasteiger partial charge >= 0.3 is 6.03 Å². The molecule has 3 amide bonds. The zero-order valence-corrected chi connectivity index (χ0v) is 21.1. The number of rotatable bonds is 5. The fraction of sp³-hybridized carbons (Fsp3) is 0.200. The van der Waals surface area contributed by atoms with Gasteiger partial charge in [0.25, 0.3) is 5.91 Å². The first-order valence-electron chi connectivity index (χ1n) is 12.4. The predicted molar refractivity (Wildman–Crippen MR) is 145 cm³/mol. The maximum atomic E-state index is 13.7. The first-order valence-corrected chi connectivity index (χ1v) is 12.4. The van der Waals surface area contributed by atoms with Crippen LogP contribution in [0.5, 0.6) is 5.75 Å². The molecule has 1 aliphatic heterocycles. The van der Waals surface area contributed by atoms with Crippen LogP contribution in [-0.2, 0) is 0 Å². The topological polar surface area (TPSA) is 66.8 Å². The number of urea groups is 1. The largest absolute Gasteiger partial charge is 0.497 e. The van der Waals surface area contributed by atoms with Crippen LogP contribution in [0.4, 0.5) is 10.5 Å². The van der Waals surface area contributed by atoms with Crippen molar-refractivity contribution in [1.29, 1.82) is 0 Å². The Balaban J connectivity index is 1.38. The van der Waals surface area contributed by atoms with Crippen LogP contribution >= 0.6 is 0 Å². The number of nitrogens with zero attached hydrogens (tertiary/aromatic N) is 3. The zero-order chi connectivity index (χ0) is 25.8. The number of hydrogen-bond donors (Lipinski definition) is 1. The molecule has 0 spiro atoms. The highest BCUT2D eigenvalue weighted by Gasteiger charge is 2.28. The van der Waals surface area contributed by atoms with Crippen LogP contribution in [-0.4, -0.2) is 59.6 Å². The Morgan fingerprint density at radius 2 is 1.43 bits per heavy atom. The fourth-order valence-corrected chi connectivity index (χ4v) is 4.73. The smallest absolute Gasteiger partial charge is 0.321 e. The number of methoxy groups -OCH3 is 1.